The summed E-state index contributed by atoms with van der Waals surface area (Å²) in [4.78, 5) is 12.4. The first-order chi connectivity index (χ1) is 11.7. The van der Waals surface area contributed by atoms with E-state index in [9.17, 15) is 4.79 Å². The van der Waals surface area contributed by atoms with Crippen molar-refractivity contribution in [1.29, 1.82) is 0 Å². The zero-order chi connectivity index (χ0) is 16.9. The number of amides is 1. The van der Waals surface area contributed by atoms with E-state index in [0.29, 0.717) is 11.5 Å². The Labute approximate surface area is 140 Å². The Morgan fingerprint density at radius 1 is 1.12 bits per heavy atom. The van der Waals surface area contributed by atoms with Gasteiger partial charge in [-0.05, 0) is 24.6 Å². The lowest BCUT2D eigenvalue weighted by Gasteiger charge is -2.12. The van der Waals surface area contributed by atoms with E-state index in [1.807, 2.05) is 61.5 Å². The normalized spacial score (nSPS) is 11.8. The highest BCUT2D eigenvalue weighted by Gasteiger charge is 2.18. The van der Waals surface area contributed by atoms with Crippen molar-refractivity contribution in [2.45, 2.75) is 13.0 Å². The van der Waals surface area contributed by atoms with Gasteiger partial charge in [-0.2, -0.15) is 0 Å². The molecule has 2 aromatic carbocycles. The molecular weight excluding hydrogens is 304 g/mol. The molecule has 1 heterocycles. The van der Waals surface area contributed by atoms with E-state index in [4.69, 9.17) is 9.26 Å². The molecule has 1 aromatic heterocycles. The first-order valence-electron chi connectivity index (χ1n) is 7.65. The minimum Gasteiger partial charge on any atom is -0.496 e. The van der Waals surface area contributed by atoms with Gasteiger partial charge in [-0.15, -0.1) is 0 Å². The van der Waals surface area contributed by atoms with Crippen molar-refractivity contribution in [3.63, 3.8) is 0 Å². The Hall–Kier alpha value is -3.08. The lowest BCUT2D eigenvalue weighted by Crippen LogP contribution is -2.26. The van der Waals surface area contributed by atoms with Crippen LogP contribution in [0.4, 0.5) is 0 Å². The van der Waals surface area contributed by atoms with Crippen LogP contribution < -0.4 is 10.1 Å². The molecule has 0 radical (unpaired) electrons. The Morgan fingerprint density at radius 3 is 2.58 bits per heavy atom. The van der Waals surface area contributed by atoms with Crippen LogP contribution in [0.5, 0.6) is 5.75 Å². The lowest BCUT2D eigenvalue weighted by molar-refractivity contribution is 0.0931. The summed E-state index contributed by atoms with van der Waals surface area (Å²) < 4.78 is 10.6. The van der Waals surface area contributed by atoms with Crippen LogP contribution in [0.3, 0.4) is 0 Å². The maximum atomic E-state index is 12.4. The number of methoxy groups -OCH3 is 1. The second kappa shape index (κ2) is 7.00. The van der Waals surface area contributed by atoms with E-state index < -0.39 is 0 Å². The predicted molar refractivity (Wildman–Crippen MR) is 90.8 cm³/mol. The van der Waals surface area contributed by atoms with Crippen LogP contribution in [-0.4, -0.2) is 18.2 Å². The molecule has 24 heavy (non-hydrogen) atoms. The van der Waals surface area contributed by atoms with Gasteiger partial charge in [-0.3, -0.25) is 4.79 Å². The average Bonchev–Trinajstić information content (AvgIpc) is 3.12. The molecule has 5 heteroatoms. The molecule has 0 aliphatic heterocycles. The Balaban J connectivity index is 1.77. The third kappa shape index (κ3) is 3.30. The second-order valence-corrected chi connectivity index (χ2v) is 5.38. The highest BCUT2D eigenvalue weighted by Crippen LogP contribution is 2.30. The Bertz CT molecular complexity index is 827. The summed E-state index contributed by atoms with van der Waals surface area (Å²) in [6.07, 6.45) is 0. The molecule has 0 unspecified atom stereocenters. The third-order valence-electron chi connectivity index (χ3n) is 3.76. The van der Waals surface area contributed by atoms with Gasteiger partial charge >= 0.3 is 0 Å². The first-order valence-corrected chi connectivity index (χ1v) is 7.65. The van der Waals surface area contributed by atoms with E-state index in [1.165, 1.54) is 0 Å². The fourth-order valence-corrected chi connectivity index (χ4v) is 2.45. The van der Waals surface area contributed by atoms with E-state index in [2.05, 4.69) is 10.5 Å². The molecule has 3 rings (SSSR count). The van der Waals surface area contributed by atoms with Gasteiger partial charge in [0.2, 0.25) is 0 Å². The van der Waals surface area contributed by atoms with E-state index in [-0.39, 0.29) is 17.6 Å². The number of carbonyl (C=O) groups excluding carboxylic acids is 1. The maximum Gasteiger partial charge on any atom is 0.273 e. The molecule has 122 valence electrons. The van der Waals surface area contributed by atoms with Gasteiger partial charge in [0.15, 0.2) is 11.5 Å². The number of para-hydroxylation sites is 1. The van der Waals surface area contributed by atoms with Crippen LogP contribution in [-0.2, 0) is 0 Å². The highest BCUT2D eigenvalue weighted by molar-refractivity contribution is 5.93. The fraction of sp³-hybridized carbons (Fsp3) is 0.158. The summed E-state index contributed by atoms with van der Waals surface area (Å²) in [5, 5.41) is 6.79. The number of hydrogen-bond donors (Lipinski definition) is 1. The number of rotatable bonds is 5. The minimum absolute atomic E-state index is 0.120. The maximum absolute atomic E-state index is 12.4. The number of carbonyl (C=O) groups is 1. The van der Waals surface area contributed by atoms with Crippen LogP contribution >= 0.6 is 0 Å². The summed E-state index contributed by atoms with van der Waals surface area (Å²) in [5.74, 6) is 0.875. The van der Waals surface area contributed by atoms with E-state index in [1.54, 1.807) is 13.2 Å². The van der Waals surface area contributed by atoms with Crippen molar-refractivity contribution in [3.05, 3.63) is 71.9 Å². The summed E-state index contributed by atoms with van der Waals surface area (Å²) in [5.41, 5.74) is 2.01. The summed E-state index contributed by atoms with van der Waals surface area (Å²) >= 11 is 0. The molecule has 1 atom stereocenters. The molecule has 3 aromatic rings. The monoisotopic (exact) mass is 322 g/mol. The molecule has 0 aliphatic carbocycles. The minimum atomic E-state index is -0.281. The molecule has 5 nitrogen and oxygen atoms in total. The van der Waals surface area contributed by atoms with Gasteiger partial charge in [-0.1, -0.05) is 47.6 Å². The van der Waals surface area contributed by atoms with E-state index in [0.717, 1.165) is 11.1 Å². The second-order valence-electron chi connectivity index (χ2n) is 5.38. The van der Waals surface area contributed by atoms with Crippen molar-refractivity contribution in [3.8, 4) is 17.1 Å². The number of ether oxygens (including phenoxy) is 1. The van der Waals surface area contributed by atoms with Crippen LogP contribution in [0.25, 0.3) is 11.3 Å². The summed E-state index contributed by atoms with van der Waals surface area (Å²) in [6, 6.07) is 18.7. The van der Waals surface area contributed by atoms with Crippen LogP contribution in [0.2, 0.25) is 0 Å². The number of hydrogen-bond acceptors (Lipinski definition) is 4. The molecule has 1 amide bonds. The number of nitrogens with one attached hydrogen (secondary N) is 1. The van der Waals surface area contributed by atoms with Gasteiger partial charge in [0.05, 0.1) is 18.7 Å². The SMILES string of the molecule is COc1ccccc1-c1cc(C(=O)N[C@H](C)c2ccccc2)no1. The predicted octanol–water partition coefficient (Wildman–Crippen LogP) is 3.84. The number of aromatic nitrogens is 1. The molecule has 0 aliphatic rings. The quantitative estimate of drug-likeness (QED) is 0.775. The zero-order valence-corrected chi connectivity index (χ0v) is 13.5. The Kier molecular flexibility index (Phi) is 4.61. The van der Waals surface area contributed by atoms with Crippen molar-refractivity contribution in [1.82, 2.24) is 10.5 Å². The van der Waals surface area contributed by atoms with Gasteiger partial charge in [0, 0.05) is 6.07 Å². The number of benzene rings is 2. The fourth-order valence-electron chi connectivity index (χ4n) is 2.45. The summed E-state index contributed by atoms with van der Waals surface area (Å²) in [6.45, 7) is 1.93. The molecular formula is C19H18N2O3. The van der Waals surface area contributed by atoms with Crippen molar-refractivity contribution in [2.24, 2.45) is 0 Å². The molecule has 1 N–H and O–H groups in total. The molecule has 0 spiro atoms. The van der Waals surface area contributed by atoms with Gasteiger partial charge in [0.25, 0.3) is 5.91 Å². The molecule has 0 saturated heterocycles. The van der Waals surface area contributed by atoms with Crippen LogP contribution in [0.1, 0.15) is 29.0 Å². The summed E-state index contributed by atoms with van der Waals surface area (Å²) in [7, 11) is 1.59. The zero-order valence-electron chi connectivity index (χ0n) is 13.5. The molecule has 0 bridgehead atoms. The van der Waals surface area contributed by atoms with Crippen LogP contribution in [0.15, 0.2) is 65.2 Å². The van der Waals surface area contributed by atoms with Gasteiger partial charge in [-0.25, -0.2) is 0 Å². The first kappa shape index (κ1) is 15.8. The average molecular weight is 322 g/mol. The van der Waals surface area contributed by atoms with Crippen molar-refractivity contribution < 1.29 is 14.1 Å². The van der Waals surface area contributed by atoms with Gasteiger partial charge in [0.1, 0.15) is 5.75 Å². The smallest absolute Gasteiger partial charge is 0.273 e. The van der Waals surface area contributed by atoms with Crippen molar-refractivity contribution >= 4 is 5.91 Å². The number of nitrogens with zero attached hydrogens (tertiary/aromatic N) is 1. The molecule has 0 saturated carbocycles. The third-order valence-corrected chi connectivity index (χ3v) is 3.76. The largest absolute Gasteiger partial charge is 0.496 e. The Morgan fingerprint density at radius 2 is 1.83 bits per heavy atom. The van der Waals surface area contributed by atoms with E-state index >= 15 is 0 Å². The standard InChI is InChI=1S/C19H18N2O3/c1-13(14-8-4-3-5-9-14)20-19(22)16-12-18(24-21-16)15-10-6-7-11-17(15)23-2/h3-13H,1-2H3,(H,20,22)/t13-/m1/s1. The van der Waals surface area contributed by atoms with Gasteiger partial charge < -0.3 is 14.6 Å². The topological polar surface area (TPSA) is 64.4 Å². The van der Waals surface area contributed by atoms with Crippen molar-refractivity contribution in [2.75, 3.05) is 7.11 Å². The van der Waals surface area contributed by atoms with Crippen LogP contribution in [0, 0.1) is 0 Å². The highest BCUT2D eigenvalue weighted by atomic mass is 16.5. The lowest BCUT2D eigenvalue weighted by atomic mass is 10.1. The molecule has 0 fully saturated rings.